The number of rotatable bonds is 10. The number of nitrogen functional groups attached to an aromatic ring is 1. The van der Waals surface area contributed by atoms with Gasteiger partial charge in [0.15, 0.2) is 23.4 Å². The van der Waals surface area contributed by atoms with Gasteiger partial charge in [-0.1, -0.05) is 11.2 Å². The van der Waals surface area contributed by atoms with Crippen LogP contribution in [0.15, 0.2) is 28.7 Å². The van der Waals surface area contributed by atoms with E-state index in [0.29, 0.717) is 23.9 Å². The van der Waals surface area contributed by atoms with Gasteiger partial charge in [-0.05, 0) is 43.5 Å². The molecule has 2 amide bonds. The van der Waals surface area contributed by atoms with E-state index < -0.39 is 33.8 Å². The molecule has 0 saturated carbocycles. The van der Waals surface area contributed by atoms with E-state index in [0.717, 1.165) is 28.9 Å². The highest BCUT2D eigenvalue weighted by Gasteiger charge is 2.58. The van der Waals surface area contributed by atoms with Crippen LogP contribution < -0.4 is 21.5 Å². The Balaban J connectivity index is 1.37. The van der Waals surface area contributed by atoms with E-state index in [9.17, 15) is 18.0 Å². The van der Waals surface area contributed by atoms with Crippen molar-refractivity contribution < 1.29 is 36.4 Å². The number of benzene rings is 1. The highest BCUT2D eigenvalue weighted by molar-refractivity contribution is 7.80. The molecule has 216 valence electrons. The van der Waals surface area contributed by atoms with Crippen LogP contribution >= 0.6 is 11.3 Å². The third-order valence-electron chi connectivity index (χ3n) is 6.23. The van der Waals surface area contributed by atoms with E-state index in [1.165, 1.54) is 19.2 Å². The smallest absolute Gasteiger partial charge is 0.418 e. The molecule has 1 fully saturated rings. The van der Waals surface area contributed by atoms with Gasteiger partial charge >= 0.3 is 10.4 Å². The molecule has 2 aromatic rings. The Morgan fingerprint density at radius 2 is 2.10 bits per heavy atom. The van der Waals surface area contributed by atoms with E-state index >= 15 is 0 Å². The van der Waals surface area contributed by atoms with Gasteiger partial charge in [-0.3, -0.25) is 19.6 Å². The van der Waals surface area contributed by atoms with Crippen molar-refractivity contribution in [1.29, 1.82) is 5.41 Å². The summed E-state index contributed by atoms with van der Waals surface area (Å²) in [5.41, 5.74) is 12.0. The number of anilines is 1. The molecule has 3 heterocycles. The standard InChI is InChI=1S/C22H28N8O8S2/c1-22(2)17(19(32)30(22)38-40(33,34)35)27-18(31)16(15-11-39-21(25)26-15)28-37-8-7-36-14-4-3-12-5-6-29(20(23)24)10-13(12)9-14/h3-4,9,11,17H,5-8,10H2,1-2H3,(H3,23,24)(H2,25,26)(H,27,31)(H,33,34,35)/b28-16-. The summed E-state index contributed by atoms with van der Waals surface area (Å²) in [6, 6.07) is 4.46. The Bertz CT molecular complexity index is 1460. The summed E-state index contributed by atoms with van der Waals surface area (Å²) >= 11 is 1.06. The lowest BCUT2D eigenvalue weighted by molar-refractivity contribution is -0.218. The normalized spacial score (nSPS) is 18.5. The third-order valence-corrected chi connectivity index (χ3v) is 7.24. The summed E-state index contributed by atoms with van der Waals surface area (Å²) in [7, 11) is -4.95. The van der Waals surface area contributed by atoms with E-state index in [1.54, 1.807) is 4.90 Å². The van der Waals surface area contributed by atoms with Gasteiger partial charge in [0, 0.05) is 18.5 Å². The summed E-state index contributed by atoms with van der Waals surface area (Å²) in [4.78, 5) is 36.5. The van der Waals surface area contributed by atoms with Crippen LogP contribution in [0.4, 0.5) is 5.13 Å². The molecule has 1 aromatic carbocycles. The van der Waals surface area contributed by atoms with Crippen LogP contribution in [0.25, 0.3) is 0 Å². The van der Waals surface area contributed by atoms with Gasteiger partial charge in [0.25, 0.3) is 11.8 Å². The van der Waals surface area contributed by atoms with Crippen molar-refractivity contribution in [1.82, 2.24) is 20.3 Å². The summed E-state index contributed by atoms with van der Waals surface area (Å²) in [5, 5.41) is 16.1. The molecule has 4 rings (SSSR count). The summed E-state index contributed by atoms with van der Waals surface area (Å²) in [6.45, 7) is 4.08. The average Bonchev–Trinajstić information content (AvgIpc) is 3.32. The minimum atomic E-state index is -4.95. The number of hydrogen-bond acceptors (Lipinski definition) is 12. The number of hydroxylamine groups is 2. The van der Waals surface area contributed by atoms with Gasteiger partial charge in [-0.25, -0.2) is 4.98 Å². The number of guanidine groups is 1. The predicted molar refractivity (Wildman–Crippen MR) is 142 cm³/mol. The number of nitrogens with zero attached hydrogens (tertiary/aromatic N) is 4. The minimum Gasteiger partial charge on any atom is -0.490 e. The maximum absolute atomic E-state index is 13.0. The van der Waals surface area contributed by atoms with Crippen LogP contribution in [0, 0.1) is 5.41 Å². The van der Waals surface area contributed by atoms with Crippen LogP contribution in [-0.4, -0.2) is 82.7 Å². The fourth-order valence-electron chi connectivity index (χ4n) is 4.16. The van der Waals surface area contributed by atoms with E-state index in [1.807, 2.05) is 18.2 Å². The van der Waals surface area contributed by atoms with Crippen molar-refractivity contribution in [3.05, 3.63) is 40.4 Å². The van der Waals surface area contributed by atoms with Crippen molar-refractivity contribution in [3.63, 3.8) is 0 Å². The Morgan fingerprint density at radius 3 is 2.73 bits per heavy atom. The molecule has 40 heavy (non-hydrogen) atoms. The molecule has 0 bridgehead atoms. The molecule has 2 aliphatic rings. The first-order valence-electron chi connectivity index (χ1n) is 11.8. The van der Waals surface area contributed by atoms with Crippen LogP contribution in [0.2, 0.25) is 0 Å². The van der Waals surface area contributed by atoms with E-state index in [2.05, 4.69) is 19.7 Å². The average molecular weight is 597 g/mol. The quantitative estimate of drug-likeness (QED) is 0.0589. The van der Waals surface area contributed by atoms with E-state index in [-0.39, 0.29) is 35.7 Å². The fraction of sp³-hybridized carbons (Fsp3) is 0.409. The summed E-state index contributed by atoms with van der Waals surface area (Å²) in [5.74, 6) is -1.14. The van der Waals surface area contributed by atoms with Crippen molar-refractivity contribution in [2.75, 3.05) is 25.5 Å². The number of fused-ring (bicyclic) bond motifs is 1. The van der Waals surface area contributed by atoms with Crippen molar-refractivity contribution in [2.24, 2.45) is 10.9 Å². The maximum atomic E-state index is 13.0. The molecule has 7 N–H and O–H groups in total. The topological polar surface area (TPSA) is 236 Å². The zero-order valence-electron chi connectivity index (χ0n) is 21.5. The first-order valence-corrected chi connectivity index (χ1v) is 14.1. The summed E-state index contributed by atoms with van der Waals surface area (Å²) < 4.78 is 41.0. The largest absolute Gasteiger partial charge is 0.490 e. The van der Waals surface area contributed by atoms with Gasteiger partial charge < -0.3 is 31.3 Å². The highest BCUT2D eigenvalue weighted by Crippen LogP contribution is 2.33. The van der Waals surface area contributed by atoms with E-state index in [4.69, 9.17) is 31.0 Å². The molecular formula is C22H28N8O8S2. The zero-order valence-corrected chi connectivity index (χ0v) is 23.1. The van der Waals surface area contributed by atoms with Gasteiger partial charge in [0.05, 0.1) is 5.54 Å². The molecule has 18 heteroatoms. The number of carbonyl (C=O) groups excluding carboxylic acids is 2. The molecule has 0 aliphatic carbocycles. The second-order valence-corrected chi connectivity index (χ2v) is 11.3. The van der Waals surface area contributed by atoms with Crippen LogP contribution in [0.5, 0.6) is 5.75 Å². The number of β-lactam (4-membered cyclic amide) rings is 1. The number of oxime groups is 1. The molecule has 16 nitrogen and oxygen atoms in total. The lowest BCUT2D eigenvalue weighted by atomic mass is 9.84. The third kappa shape index (κ3) is 6.41. The number of amides is 2. The molecule has 1 saturated heterocycles. The highest BCUT2D eigenvalue weighted by atomic mass is 32.3. The van der Waals surface area contributed by atoms with Gasteiger partial charge in [-0.15, -0.1) is 15.6 Å². The molecule has 0 radical (unpaired) electrons. The second kappa shape index (κ2) is 11.2. The fourth-order valence-corrected chi connectivity index (χ4v) is 5.16. The Kier molecular flexibility index (Phi) is 8.15. The molecule has 1 atom stereocenters. The van der Waals surface area contributed by atoms with Gasteiger partial charge in [0.1, 0.15) is 24.1 Å². The number of nitrogens with one attached hydrogen (secondary N) is 2. The molecule has 2 aliphatic heterocycles. The second-order valence-electron chi connectivity index (χ2n) is 9.37. The number of hydrogen-bond donors (Lipinski definition) is 5. The lowest BCUT2D eigenvalue weighted by Crippen LogP contribution is -2.76. The summed E-state index contributed by atoms with van der Waals surface area (Å²) in [6.07, 6.45) is 0.772. The number of thiazole rings is 1. The first kappa shape index (κ1) is 29.0. The Labute approximate surface area is 233 Å². The molecule has 1 aromatic heterocycles. The molecule has 1 unspecified atom stereocenters. The SMILES string of the molecule is CC1(C)C(NC(=O)/C(=N\OCCOc2ccc3c(c2)CN(C(=N)N)CC3)c2csc(N)n2)C(=O)N1OS(=O)(=O)O. The minimum absolute atomic E-state index is 0.0129. The number of ether oxygens (including phenoxy) is 1. The lowest BCUT2D eigenvalue weighted by Gasteiger charge is -2.50. The van der Waals surface area contributed by atoms with Crippen molar-refractivity contribution >= 4 is 50.4 Å². The monoisotopic (exact) mass is 596 g/mol. The molecular weight excluding hydrogens is 568 g/mol. The number of nitrogens with two attached hydrogens (primary N) is 2. The van der Waals surface area contributed by atoms with Crippen molar-refractivity contribution in [3.8, 4) is 5.75 Å². The number of aromatic nitrogens is 1. The van der Waals surface area contributed by atoms with Crippen LogP contribution in [0.1, 0.15) is 30.7 Å². The molecule has 0 spiro atoms. The van der Waals surface area contributed by atoms with Crippen LogP contribution in [0.3, 0.4) is 0 Å². The van der Waals surface area contributed by atoms with Crippen LogP contribution in [-0.2, 0) is 42.1 Å². The Hall–Kier alpha value is -4.00. The Morgan fingerprint density at radius 1 is 1.35 bits per heavy atom. The van der Waals surface area contributed by atoms with Gasteiger partial charge in [-0.2, -0.15) is 13.5 Å². The van der Waals surface area contributed by atoms with Crippen molar-refractivity contribution in [2.45, 2.75) is 38.4 Å². The maximum Gasteiger partial charge on any atom is 0.418 e. The predicted octanol–water partition coefficient (Wildman–Crippen LogP) is -0.383. The number of carbonyl (C=O) groups is 2. The van der Waals surface area contributed by atoms with Gasteiger partial charge in [0.2, 0.25) is 0 Å². The zero-order chi connectivity index (χ0) is 29.2. The first-order chi connectivity index (χ1) is 18.8.